The summed E-state index contributed by atoms with van der Waals surface area (Å²) in [6.07, 6.45) is 14.9. The van der Waals surface area contributed by atoms with Crippen LogP contribution in [0.3, 0.4) is 0 Å². The van der Waals surface area contributed by atoms with E-state index in [4.69, 9.17) is 12.2 Å². The highest BCUT2D eigenvalue weighted by molar-refractivity contribution is 7.73. The van der Waals surface area contributed by atoms with E-state index in [0.717, 1.165) is 74.1 Å². The van der Waals surface area contributed by atoms with Crippen molar-refractivity contribution in [3.05, 3.63) is 55.7 Å². The Morgan fingerprint density at radius 2 is 1.77 bits per heavy atom. The molecule has 4 aliphatic carbocycles. The lowest BCUT2D eigenvalue weighted by atomic mass is 9.44. The molecule has 0 spiro atoms. The molecule has 0 saturated heterocycles. The molecule has 0 bridgehead atoms. The first kappa shape index (κ1) is 30.9. The number of aromatic nitrogens is 1. The molecule has 3 fully saturated rings. The molecule has 8 atom stereocenters. The van der Waals surface area contributed by atoms with Crippen LogP contribution in [-0.2, 0) is 12.8 Å². The zero-order valence-corrected chi connectivity index (χ0v) is 29.9. The van der Waals surface area contributed by atoms with Gasteiger partial charge in [0.1, 0.15) is 11.1 Å². The lowest BCUT2D eigenvalue weighted by molar-refractivity contribution is -0.103. The molecule has 2 aromatic heterocycles. The third-order valence-electron chi connectivity index (χ3n) is 13.4. The number of hydrogen-bond donors (Lipinski definition) is 0. The first-order valence-corrected chi connectivity index (χ1v) is 19.6. The Bertz CT molecular complexity index is 1600. The summed E-state index contributed by atoms with van der Waals surface area (Å²) in [4.78, 5) is 1.47. The molecular weight excluding hydrogens is 593 g/mol. The average molecular weight is 643 g/mol. The number of hydrogen-bond acceptors (Lipinski definition) is 4. The third kappa shape index (κ3) is 4.92. The molecule has 0 amide bonds. The Labute approximate surface area is 278 Å². The van der Waals surface area contributed by atoms with Crippen molar-refractivity contribution in [2.75, 3.05) is 0 Å². The number of thiophene rings is 1. The molecular formula is C39H50N2S3. The van der Waals surface area contributed by atoms with E-state index < -0.39 is 0 Å². The summed E-state index contributed by atoms with van der Waals surface area (Å²) in [5.74, 6) is 5.90. The first-order chi connectivity index (χ1) is 21.2. The van der Waals surface area contributed by atoms with Crippen LogP contribution in [0.15, 0.2) is 35.7 Å². The van der Waals surface area contributed by atoms with Crippen LogP contribution in [0.2, 0.25) is 0 Å². The quantitative estimate of drug-likeness (QED) is 0.240. The molecule has 0 N–H and O–H groups in total. The molecule has 0 radical (unpaired) electrons. The summed E-state index contributed by atoms with van der Waals surface area (Å²) < 4.78 is 3.04. The highest BCUT2D eigenvalue weighted by Gasteiger charge is 2.60. The predicted molar refractivity (Wildman–Crippen MR) is 189 cm³/mol. The minimum atomic E-state index is 0.339. The maximum Gasteiger partial charge on any atom is 0.166 e. The number of benzene rings is 1. The fraction of sp³-hybridized carbons (Fsp3) is 0.641. The Hall–Kier alpha value is -1.74. The van der Waals surface area contributed by atoms with Crippen molar-refractivity contribution in [3.8, 4) is 22.3 Å². The van der Waals surface area contributed by atoms with Crippen molar-refractivity contribution in [2.24, 2.45) is 52.3 Å². The van der Waals surface area contributed by atoms with Crippen LogP contribution in [0.1, 0.15) is 108 Å². The van der Waals surface area contributed by atoms with Crippen LogP contribution in [0, 0.1) is 67.5 Å². The summed E-state index contributed by atoms with van der Waals surface area (Å²) >= 11 is 9.38. The summed E-state index contributed by atoms with van der Waals surface area (Å²) in [6.45, 7) is 12.7. The Morgan fingerprint density at radius 3 is 2.52 bits per heavy atom. The topological polar surface area (TPSA) is 28.7 Å². The zero-order valence-electron chi connectivity index (χ0n) is 27.4. The maximum absolute atomic E-state index is 10.6. The lowest BCUT2D eigenvalue weighted by Crippen LogP contribution is -2.54. The molecule has 0 unspecified atom stereocenters. The van der Waals surface area contributed by atoms with E-state index in [9.17, 15) is 5.26 Å². The maximum atomic E-state index is 10.6. The van der Waals surface area contributed by atoms with E-state index in [1.165, 1.54) is 68.2 Å². The summed E-state index contributed by atoms with van der Waals surface area (Å²) in [5.41, 5.74) is 5.38. The van der Waals surface area contributed by atoms with Crippen LogP contribution >= 0.6 is 34.9 Å². The Balaban J connectivity index is 1.17. The number of rotatable bonds is 7. The minimum Gasteiger partial charge on any atom is -0.281 e. The van der Waals surface area contributed by atoms with Gasteiger partial charge in [-0.25, -0.2) is 0 Å². The number of fused-ring (bicyclic) bond motifs is 6. The molecule has 5 heteroatoms. The molecule has 234 valence electrons. The fourth-order valence-electron chi connectivity index (χ4n) is 11.2. The van der Waals surface area contributed by atoms with Crippen molar-refractivity contribution < 1.29 is 0 Å². The predicted octanol–water partition coefficient (Wildman–Crippen LogP) is 11.9. The van der Waals surface area contributed by atoms with Crippen LogP contribution in [0.5, 0.6) is 0 Å². The van der Waals surface area contributed by atoms with E-state index in [-0.39, 0.29) is 0 Å². The SMILES string of the molecule is CC(C)CCC[C@@H](C)[C@H]1CC[C@H]2[C@@H]3CC[C@H]4Cc5c(sc(-n6c(-c7ccccc7)csc6=S)c5C#N)C[C@]4(C)[C@H]3CC[C@]12C. The average Bonchev–Trinajstić information content (AvgIpc) is 3.67. The largest absolute Gasteiger partial charge is 0.281 e. The number of nitrogens with zero attached hydrogens (tertiary/aromatic N) is 2. The highest BCUT2D eigenvalue weighted by Crippen LogP contribution is 2.68. The van der Waals surface area contributed by atoms with Gasteiger partial charge >= 0.3 is 0 Å². The first-order valence-electron chi connectivity index (χ1n) is 17.5. The summed E-state index contributed by atoms with van der Waals surface area (Å²) in [5, 5.41) is 13.8. The van der Waals surface area contributed by atoms with E-state index in [2.05, 4.69) is 81.0 Å². The molecule has 2 heterocycles. The van der Waals surface area contributed by atoms with E-state index in [0.29, 0.717) is 16.7 Å². The summed E-state index contributed by atoms with van der Waals surface area (Å²) in [7, 11) is 0. The van der Waals surface area contributed by atoms with Gasteiger partial charge in [-0.05, 0) is 127 Å². The molecule has 0 aliphatic heterocycles. The highest BCUT2D eigenvalue weighted by atomic mass is 32.1. The monoisotopic (exact) mass is 642 g/mol. The molecule has 1 aromatic carbocycles. The van der Waals surface area contributed by atoms with Crippen molar-refractivity contribution in [1.82, 2.24) is 4.57 Å². The third-order valence-corrected chi connectivity index (χ3v) is 15.8. The normalized spacial score (nSPS) is 33.2. The van der Waals surface area contributed by atoms with Crippen molar-refractivity contribution in [2.45, 2.75) is 105 Å². The van der Waals surface area contributed by atoms with Crippen LogP contribution in [0.4, 0.5) is 0 Å². The van der Waals surface area contributed by atoms with Gasteiger partial charge in [0.25, 0.3) is 0 Å². The van der Waals surface area contributed by atoms with Gasteiger partial charge in [0, 0.05) is 10.3 Å². The van der Waals surface area contributed by atoms with Crippen molar-refractivity contribution >= 4 is 34.9 Å². The van der Waals surface area contributed by atoms with Crippen molar-refractivity contribution in [1.29, 1.82) is 5.26 Å². The van der Waals surface area contributed by atoms with Gasteiger partial charge in [-0.2, -0.15) is 5.26 Å². The second-order valence-corrected chi connectivity index (χ2v) is 18.5. The second-order valence-electron chi connectivity index (χ2n) is 16.0. The van der Waals surface area contributed by atoms with Gasteiger partial charge in [-0.1, -0.05) is 84.2 Å². The summed E-state index contributed by atoms with van der Waals surface area (Å²) in [6, 6.07) is 13.2. The molecule has 4 aliphatic rings. The Morgan fingerprint density at radius 1 is 1.00 bits per heavy atom. The number of thiazole rings is 1. The smallest absolute Gasteiger partial charge is 0.166 e. The standard InChI is InChI=1S/C39H50N2S3/c1-24(2)10-9-11-25(3)31-16-17-32-28-15-14-27-20-29-30(22-40)36(41-34(23-43-37(41)42)26-12-7-6-8-13-26)44-35(29)21-39(27,5)33(28)18-19-38(31,32)4/h6-8,12-13,23-25,27-28,31-33H,9-11,14-21H2,1-5H3/t25-,27+,28+,31-,32+,33+,38-,39+/m1/s1. The molecule has 44 heavy (non-hydrogen) atoms. The van der Waals surface area contributed by atoms with Gasteiger partial charge < -0.3 is 0 Å². The van der Waals surface area contributed by atoms with Crippen molar-refractivity contribution in [3.63, 3.8) is 0 Å². The van der Waals surface area contributed by atoms with Gasteiger partial charge in [0.2, 0.25) is 0 Å². The molecule has 2 nitrogen and oxygen atoms in total. The molecule has 7 rings (SSSR count). The lowest BCUT2D eigenvalue weighted by Gasteiger charge is -2.60. The molecule has 3 saturated carbocycles. The number of nitriles is 1. The van der Waals surface area contributed by atoms with E-state index in [1.54, 1.807) is 11.3 Å². The second kappa shape index (κ2) is 11.8. The zero-order chi connectivity index (χ0) is 30.8. The minimum absolute atomic E-state index is 0.339. The van der Waals surface area contributed by atoms with Crippen LogP contribution in [0.25, 0.3) is 16.3 Å². The van der Waals surface area contributed by atoms with Gasteiger partial charge in [0.05, 0.1) is 11.3 Å². The van der Waals surface area contributed by atoms with Crippen LogP contribution < -0.4 is 0 Å². The van der Waals surface area contributed by atoms with Gasteiger partial charge in [-0.15, -0.1) is 22.7 Å². The van der Waals surface area contributed by atoms with E-state index in [1.807, 2.05) is 11.3 Å². The van der Waals surface area contributed by atoms with Crippen LogP contribution in [-0.4, -0.2) is 4.57 Å². The van der Waals surface area contributed by atoms with Gasteiger partial charge in [0.15, 0.2) is 3.95 Å². The Kier molecular flexibility index (Phi) is 8.29. The van der Waals surface area contributed by atoms with Gasteiger partial charge in [-0.3, -0.25) is 4.57 Å². The molecule has 3 aromatic rings. The fourth-order valence-corrected chi connectivity index (χ4v) is 13.9. The van der Waals surface area contributed by atoms with E-state index >= 15 is 0 Å².